The van der Waals surface area contributed by atoms with E-state index in [0.29, 0.717) is 5.41 Å². The Kier molecular flexibility index (Phi) is 4.87. The zero-order valence-electron chi connectivity index (χ0n) is 13.4. The lowest BCUT2D eigenvalue weighted by Crippen LogP contribution is -2.56. The van der Waals surface area contributed by atoms with Gasteiger partial charge < -0.3 is 5.73 Å². The molecule has 2 N–H and O–H groups in total. The SMILES string of the molecule is CN(CCc1ccccc1)C1(CN)CCCC(C)(C)C1. The van der Waals surface area contributed by atoms with Crippen molar-refractivity contribution in [3.63, 3.8) is 0 Å². The number of hydrogen-bond acceptors (Lipinski definition) is 2. The van der Waals surface area contributed by atoms with Gasteiger partial charge in [0.2, 0.25) is 0 Å². The molecule has 1 aromatic carbocycles. The molecule has 0 amide bonds. The molecule has 2 heteroatoms. The molecule has 0 spiro atoms. The molecule has 1 saturated carbocycles. The molecule has 112 valence electrons. The normalized spacial score (nSPS) is 25.9. The first-order chi connectivity index (χ1) is 9.47. The van der Waals surface area contributed by atoms with E-state index in [2.05, 4.69) is 56.1 Å². The van der Waals surface area contributed by atoms with Gasteiger partial charge >= 0.3 is 0 Å². The third-order valence-corrected chi connectivity index (χ3v) is 5.07. The van der Waals surface area contributed by atoms with E-state index in [-0.39, 0.29) is 5.54 Å². The van der Waals surface area contributed by atoms with Crippen LogP contribution in [0.2, 0.25) is 0 Å². The minimum Gasteiger partial charge on any atom is -0.329 e. The molecule has 0 heterocycles. The van der Waals surface area contributed by atoms with Gasteiger partial charge in [-0.1, -0.05) is 50.6 Å². The zero-order valence-corrected chi connectivity index (χ0v) is 13.4. The Hall–Kier alpha value is -0.860. The Balaban J connectivity index is 2.00. The summed E-state index contributed by atoms with van der Waals surface area (Å²) in [5.41, 5.74) is 8.24. The molecule has 1 aliphatic rings. The number of hydrogen-bond donors (Lipinski definition) is 1. The Morgan fingerprint density at radius 1 is 1.15 bits per heavy atom. The summed E-state index contributed by atoms with van der Waals surface area (Å²) in [5, 5.41) is 0. The van der Waals surface area contributed by atoms with Gasteiger partial charge in [-0.05, 0) is 43.7 Å². The summed E-state index contributed by atoms with van der Waals surface area (Å²) < 4.78 is 0. The predicted molar refractivity (Wildman–Crippen MR) is 86.8 cm³/mol. The van der Waals surface area contributed by atoms with Crippen LogP contribution in [-0.2, 0) is 6.42 Å². The second-order valence-electron chi connectivity index (χ2n) is 7.28. The molecule has 1 fully saturated rings. The maximum Gasteiger partial charge on any atom is 0.0333 e. The fraction of sp³-hybridized carbons (Fsp3) is 0.667. The third-order valence-electron chi connectivity index (χ3n) is 5.07. The molecular weight excluding hydrogens is 244 g/mol. The average Bonchev–Trinajstić information content (AvgIpc) is 2.44. The molecule has 2 rings (SSSR count). The number of likely N-dealkylation sites (N-methyl/N-ethyl adjacent to an activating group) is 1. The largest absolute Gasteiger partial charge is 0.329 e. The third kappa shape index (κ3) is 3.62. The Morgan fingerprint density at radius 2 is 1.85 bits per heavy atom. The first-order valence-corrected chi connectivity index (χ1v) is 7.93. The zero-order chi connectivity index (χ0) is 14.6. The van der Waals surface area contributed by atoms with E-state index < -0.39 is 0 Å². The lowest BCUT2D eigenvalue weighted by Gasteiger charge is -2.49. The molecule has 1 aromatic rings. The number of nitrogens with two attached hydrogens (primary N) is 1. The van der Waals surface area contributed by atoms with Crippen LogP contribution in [0.25, 0.3) is 0 Å². The highest BCUT2D eigenvalue weighted by Crippen LogP contribution is 2.43. The van der Waals surface area contributed by atoms with Gasteiger partial charge in [0.15, 0.2) is 0 Å². The molecule has 0 radical (unpaired) electrons. The fourth-order valence-electron chi connectivity index (χ4n) is 3.80. The smallest absolute Gasteiger partial charge is 0.0333 e. The van der Waals surface area contributed by atoms with Crippen LogP contribution in [0.1, 0.15) is 45.1 Å². The summed E-state index contributed by atoms with van der Waals surface area (Å²) in [5.74, 6) is 0. The van der Waals surface area contributed by atoms with Gasteiger partial charge in [0.1, 0.15) is 0 Å². The second kappa shape index (κ2) is 6.28. The van der Waals surface area contributed by atoms with Crippen molar-refractivity contribution in [2.24, 2.45) is 11.1 Å². The summed E-state index contributed by atoms with van der Waals surface area (Å²) >= 11 is 0. The summed E-state index contributed by atoms with van der Waals surface area (Å²) in [4.78, 5) is 2.53. The van der Waals surface area contributed by atoms with E-state index >= 15 is 0 Å². The molecule has 1 unspecified atom stereocenters. The van der Waals surface area contributed by atoms with E-state index in [1.54, 1.807) is 0 Å². The van der Waals surface area contributed by atoms with Gasteiger partial charge in [-0.25, -0.2) is 0 Å². The van der Waals surface area contributed by atoms with Crippen molar-refractivity contribution in [1.82, 2.24) is 4.90 Å². The van der Waals surface area contributed by atoms with Crippen molar-refractivity contribution in [2.45, 2.75) is 51.5 Å². The lowest BCUT2D eigenvalue weighted by atomic mass is 9.67. The first-order valence-electron chi connectivity index (χ1n) is 7.93. The van der Waals surface area contributed by atoms with E-state index in [9.17, 15) is 0 Å². The van der Waals surface area contributed by atoms with Crippen molar-refractivity contribution < 1.29 is 0 Å². The highest BCUT2D eigenvalue weighted by atomic mass is 15.2. The number of nitrogens with zero attached hydrogens (tertiary/aromatic N) is 1. The van der Waals surface area contributed by atoms with Gasteiger partial charge in [0.25, 0.3) is 0 Å². The molecule has 0 bridgehead atoms. The number of benzene rings is 1. The van der Waals surface area contributed by atoms with Gasteiger partial charge in [-0.3, -0.25) is 4.90 Å². The van der Waals surface area contributed by atoms with Gasteiger partial charge in [0, 0.05) is 18.6 Å². The van der Waals surface area contributed by atoms with Crippen molar-refractivity contribution in [3.8, 4) is 0 Å². The standard InChI is InChI=1S/C18H30N2/c1-17(2)11-7-12-18(14-17,15-19)20(3)13-10-16-8-5-4-6-9-16/h4-6,8-9H,7,10-15,19H2,1-3H3. The Morgan fingerprint density at radius 3 is 2.45 bits per heavy atom. The van der Waals surface area contributed by atoms with E-state index in [1.807, 2.05) is 0 Å². The molecule has 2 nitrogen and oxygen atoms in total. The summed E-state index contributed by atoms with van der Waals surface area (Å²) in [7, 11) is 2.26. The predicted octanol–water partition coefficient (Wildman–Crippen LogP) is 3.46. The fourth-order valence-corrected chi connectivity index (χ4v) is 3.80. The molecule has 1 aliphatic carbocycles. The van der Waals surface area contributed by atoms with Crippen LogP contribution in [0, 0.1) is 5.41 Å². The van der Waals surface area contributed by atoms with Crippen molar-refractivity contribution in [3.05, 3.63) is 35.9 Å². The molecule has 20 heavy (non-hydrogen) atoms. The van der Waals surface area contributed by atoms with Crippen LogP contribution >= 0.6 is 0 Å². The maximum absolute atomic E-state index is 6.19. The summed E-state index contributed by atoms with van der Waals surface area (Å²) in [6, 6.07) is 10.8. The minimum atomic E-state index is 0.205. The van der Waals surface area contributed by atoms with Crippen molar-refractivity contribution in [2.75, 3.05) is 20.1 Å². The summed E-state index contributed by atoms with van der Waals surface area (Å²) in [6.07, 6.45) is 6.22. The van der Waals surface area contributed by atoms with Gasteiger partial charge in [-0.15, -0.1) is 0 Å². The first kappa shape index (κ1) is 15.5. The van der Waals surface area contributed by atoms with Crippen LogP contribution in [0.15, 0.2) is 30.3 Å². The summed E-state index contributed by atoms with van der Waals surface area (Å²) in [6.45, 7) is 6.65. The molecular formula is C18H30N2. The van der Waals surface area contributed by atoms with Crippen LogP contribution in [0.4, 0.5) is 0 Å². The molecule has 0 saturated heterocycles. The Bertz CT molecular complexity index is 413. The van der Waals surface area contributed by atoms with Crippen LogP contribution in [-0.4, -0.2) is 30.6 Å². The topological polar surface area (TPSA) is 29.3 Å². The monoisotopic (exact) mass is 274 g/mol. The van der Waals surface area contributed by atoms with Crippen LogP contribution in [0.5, 0.6) is 0 Å². The van der Waals surface area contributed by atoms with Crippen LogP contribution in [0.3, 0.4) is 0 Å². The van der Waals surface area contributed by atoms with Crippen molar-refractivity contribution >= 4 is 0 Å². The molecule has 1 atom stereocenters. The lowest BCUT2D eigenvalue weighted by molar-refractivity contribution is 0.0282. The van der Waals surface area contributed by atoms with Gasteiger partial charge in [-0.2, -0.15) is 0 Å². The Labute approximate surface area is 124 Å². The van der Waals surface area contributed by atoms with Crippen LogP contribution < -0.4 is 5.73 Å². The second-order valence-corrected chi connectivity index (χ2v) is 7.28. The van der Waals surface area contributed by atoms with Gasteiger partial charge in [0.05, 0.1) is 0 Å². The van der Waals surface area contributed by atoms with E-state index in [4.69, 9.17) is 5.73 Å². The molecule has 0 aliphatic heterocycles. The van der Waals surface area contributed by atoms with Crippen molar-refractivity contribution in [1.29, 1.82) is 0 Å². The highest BCUT2D eigenvalue weighted by Gasteiger charge is 2.41. The van der Waals surface area contributed by atoms with E-state index in [1.165, 1.54) is 31.2 Å². The maximum atomic E-state index is 6.19. The average molecular weight is 274 g/mol. The quantitative estimate of drug-likeness (QED) is 0.891. The number of rotatable bonds is 5. The highest BCUT2D eigenvalue weighted by molar-refractivity contribution is 5.15. The molecule has 0 aromatic heterocycles. The van der Waals surface area contributed by atoms with E-state index in [0.717, 1.165) is 19.5 Å². The minimum absolute atomic E-state index is 0.205.